The van der Waals surface area contributed by atoms with Gasteiger partial charge in [-0.2, -0.15) is 0 Å². The highest BCUT2D eigenvalue weighted by atomic mass is 16.1. The van der Waals surface area contributed by atoms with Crippen LogP contribution in [0.4, 0.5) is 5.69 Å². The first-order chi connectivity index (χ1) is 11.8. The molecular weight excluding hydrogens is 296 g/mol. The van der Waals surface area contributed by atoms with Crippen LogP contribution in [0.5, 0.6) is 0 Å². The van der Waals surface area contributed by atoms with Gasteiger partial charge in [0.15, 0.2) is 0 Å². The highest BCUT2D eigenvalue weighted by Crippen LogP contribution is 2.23. The van der Waals surface area contributed by atoms with Gasteiger partial charge >= 0.3 is 0 Å². The third-order valence-corrected chi connectivity index (χ3v) is 4.20. The van der Waals surface area contributed by atoms with Gasteiger partial charge in [-0.3, -0.25) is 4.79 Å². The summed E-state index contributed by atoms with van der Waals surface area (Å²) in [5, 5.41) is 3.00. The van der Waals surface area contributed by atoms with Crippen LogP contribution in [0.2, 0.25) is 0 Å². The summed E-state index contributed by atoms with van der Waals surface area (Å²) < 4.78 is 2.08. The van der Waals surface area contributed by atoms with E-state index < -0.39 is 0 Å². The normalized spacial score (nSPS) is 11.9. The molecule has 0 aliphatic rings. The summed E-state index contributed by atoms with van der Waals surface area (Å²) in [4.78, 5) is 12.5. The molecule has 0 aliphatic carbocycles. The Balaban J connectivity index is 1.73. The molecule has 3 nitrogen and oxygen atoms in total. The zero-order valence-corrected chi connectivity index (χ0v) is 13.9. The number of carbonyl (C=O) groups is 1. The maximum atomic E-state index is 12.5. The minimum Gasteiger partial charge on any atom is -0.346 e. The maximum absolute atomic E-state index is 12.5. The van der Waals surface area contributed by atoms with E-state index in [1.807, 2.05) is 54.9 Å². The predicted octanol–water partition coefficient (Wildman–Crippen LogP) is 4.67. The molecule has 0 fully saturated rings. The van der Waals surface area contributed by atoms with E-state index in [1.54, 1.807) is 0 Å². The molecular formula is C21H22N2O. The molecule has 2 aromatic carbocycles. The first kappa shape index (κ1) is 16.1. The third-order valence-electron chi connectivity index (χ3n) is 4.20. The Labute approximate surface area is 143 Å². The van der Waals surface area contributed by atoms with Gasteiger partial charge in [0.2, 0.25) is 5.91 Å². The smallest absolute Gasteiger partial charge is 0.226 e. The second kappa shape index (κ2) is 7.64. The van der Waals surface area contributed by atoms with Crippen LogP contribution >= 0.6 is 0 Å². The molecule has 0 radical (unpaired) electrons. The van der Waals surface area contributed by atoms with Crippen LogP contribution in [0.25, 0.3) is 0 Å². The molecule has 0 saturated heterocycles. The molecule has 0 unspecified atom stereocenters. The zero-order valence-electron chi connectivity index (χ0n) is 13.9. The van der Waals surface area contributed by atoms with Gasteiger partial charge in [-0.15, -0.1) is 0 Å². The predicted molar refractivity (Wildman–Crippen MR) is 98.1 cm³/mol. The summed E-state index contributed by atoms with van der Waals surface area (Å²) in [5.74, 6) is 0.0156. The maximum Gasteiger partial charge on any atom is 0.226 e. The number of anilines is 1. The topological polar surface area (TPSA) is 34.0 Å². The van der Waals surface area contributed by atoms with Crippen molar-refractivity contribution >= 4 is 11.6 Å². The lowest BCUT2D eigenvalue weighted by molar-refractivity contribution is -0.116. The summed E-state index contributed by atoms with van der Waals surface area (Å²) in [6, 6.07) is 22.1. The van der Waals surface area contributed by atoms with Crippen molar-refractivity contribution in [2.24, 2.45) is 0 Å². The van der Waals surface area contributed by atoms with Crippen LogP contribution in [0.3, 0.4) is 0 Å². The lowest BCUT2D eigenvalue weighted by Gasteiger charge is -2.19. The summed E-state index contributed by atoms with van der Waals surface area (Å²) in [6.07, 6.45) is 5.40. The highest BCUT2D eigenvalue weighted by molar-refractivity contribution is 5.91. The Bertz CT molecular complexity index is 761. The summed E-state index contributed by atoms with van der Waals surface area (Å²) >= 11 is 0. The van der Waals surface area contributed by atoms with Crippen LogP contribution in [-0.4, -0.2) is 10.5 Å². The van der Waals surface area contributed by atoms with Crippen molar-refractivity contribution in [1.82, 2.24) is 4.57 Å². The largest absolute Gasteiger partial charge is 0.346 e. The van der Waals surface area contributed by atoms with Gasteiger partial charge in [0.1, 0.15) is 0 Å². The Morgan fingerprint density at radius 2 is 1.62 bits per heavy atom. The molecule has 0 aliphatic heterocycles. The first-order valence-corrected chi connectivity index (χ1v) is 8.32. The van der Waals surface area contributed by atoms with Gasteiger partial charge in [-0.05, 0) is 41.8 Å². The summed E-state index contributed by atoms with van der Waals surface area (Å²) in [6.45, 7) is 2.12. The molecule has 0 spiro atoms. The van der Waals surface area contributed by atoms with E-state index in [2.05, 4.69) is 41.1 Å². The standard InChI is InChI=1S/C21H22N2O/c1-2-17-10-12-19(13-11-17)22-21(24)16-20(23-14-6-7-15-23)18-8-4-3-5-9-18/h3-15,20H,2,16H2,1H3,(H,22,24)/t20-/m0/s1. The number of benzene rings is 2. The number of rotatable bonds is 6. The number of nitrogens with zero attached hydrogens (tertiary/aromatic N) is 1. The lowest BCUT2D eigenvalue weighted by Crippen LogP contribution is -2.19. The van der Waals surface area contributed by atoms with Crippen LogP contribution in [0.1, 0.15) is 30.5 Å². The van der Waals surface area contributed by atoms with Crippen LogP contribution < -0.4 is 5.32 Å². The molecule has 3 heteroatoms. The van der Waals surface area contributed by atoms with Crippen molar-refractivity contribution in [3.05, 3.63) is 90.3 Å². The second-order valence-electron chi connectivity index (χ2n) is 5.86. The Morgan fingerprint density at radius 3 is 2.25 bits per heavy atom. The number of hydrogen-bond donors (Lipinski definition) is 1. The molecule has 1 atom stereocenters. The quantitative estimate of drug-likeness (QED) is 0.704. The molecule has 0 bridgehead atoms. The van der Waals surface area contributed by atoms with E-state index in [9.17, 15) is 4.79 Å². The van der Waals surface area contributed by atoms with E-state index in [-0.39, 0.29) is 11.9 Å². The fourth-order valence-corrected chi connectivity index (χ4v) is 2.84. The SMILES string of the molecule is CCc1ccc(NC(=O)C[C@@H](c2ccccc2)n2cccc2)cc1. The van der Waals surface area contributed by atoms with Gasteiger partial charge in [-0.25, -0.2) is 0 Å². The Hall–Kier alpha value is -2.81. The molecule has 1 aromatic heterocycles. The van der Waals surface area contributed by atoms with E-state index in [0.717, 1.165) is 17.7 Å². The molecule has 3 aromatic rings. The van der Waals surface area contributed by atoms with Crippen molar-refractivity contribution in [2.75, 3.05) is 5.32 Å². The van der Waals surface area contributed by atoms with Gasteiger partial charge in [-0.1, -0.05) is 49.4 Å². The van der Waals surface area contributed by atoms with Crippen molar-refractivity contribution in [3.8, 4) is 0 Å². The van der Waals surface area contributed by atoms with E-state index in [1.165, 1.54) is 5.56 Å². The van der Waals surface area contributed by atoms with Crippen molar-refractivity contribution in [3.63, 3.8) is 0 Å². The number of nitrogens with one attached hydrogen (secondary N) is 1. The van der Waals surface area contributed by atoms with Gasteiger partial charge in [0.05, 0.1) is 12.5 Å². The second-order valence-corrected chi connectivity index (χ2v) is 5.86. The zero-order chi connectivity index (χ0) is 16.8. The molecule has 1 N–H and O–H groups in total. The lowest BCUT2D eigenvalue weighted by atomic mass is 10.0. The Kier molecular flexibility index (Phi) is 5.12. The van der Waals surface area contributed by atoms with Crippen molar-refractivity contribution < 1.29 is 4.79 Å². The molecule has 122 valence electrons. The average Bonchev–Trinajstić information content (AvgIpc) is 3.15. The molecule has 1 amide bonds. The molecule has 0 saturated carbocycles. The van der Waals surface area contributed by atoms with Gasteiger partial charge < -0.3 is 9.88 Å². The monoisotopic (exact) mass is 318 g/mol. The number of carbonyl (C=O) groups excluding carboxylic acids is 1. The van der Waals surface area contributed by atoms with Crippen LogP contribution in [0, 0.1) is 0 Å². The Morgan fingerprint density at radius 1 is 0.958 bits per heavy atom. The fraction of sp³-hybridized carbons (Fsp3) is 0.190. The molecule has 1 heterocycles. The minimum atomic E-state index is -0.00360. The first-order valence-electron chi connectivity index (χ1n) is 8.32. The number of aryl methyl sites for hydroxylation is 1. The minimum absolute atomic E-state index is 0.00360. The number of aromatic nitrogens is 1. The highest BCUT2D eigenvalue weighted by Gasteiger charge is 2.17. The van der Waals surface area contributed by atoms with E-state index in [0.29, 0.717) is 6.42 Å². The van der Waals surface area contributed by atoms with Crippen molar-refractivity contribution in [1.29, 1.82) is 0 Å². The van der Waals surface area contributed by atoms with Crippen LogP contribution in [0.15, 0.2) is 79.1 Å². The van der Waals surface area contributed by atoms with Crippen LogP contribution in [-0.2, 0) is 11.2 Å². The van der Waals surface area contributed by atoms with Gasteiger partial charge in [0, 0.05) is 18.1 Å². The van der Waals surface area contributed by atoms with E-state index >= 15 is 0 Å². The fourth-order valence-electron chi connectivity index (χ4n) is 2.84. The summed E-state index contributed by atoms with van der Waals surface area (Å²) in [7, 11) is 0. The molecule has 3 rings (SSSR count). The van der Waals surface area contributed by atoms with Crippen molar-refractivity contribution in [2.45, 2.75) is 25.8 Å². The van der Waals surface area contributed by atoms with Gasteiger partial charge in [0.25, 0.3) is 0 Å². The summed E-state index contributed by atoms with van der Waals surface area (Å²) in [5.41, 5.74) is 3.24. The average molecular weight is 318 g/mol. The number of hydrogen-bond acceptors (Lipinski definition) is 1. The van der Waals surface area contributed by atoms with E-state index in [4.69, 9.17) is 0 Å². The number of amides is 1. The third kappa shape index (κ3) is 3.93. The molecule has 24 heavy (non-hydrogen) atoms.